The van der Waals surface area contributed by atoms with Gasteiger partial charge in [0.25, 0.3) is 5.69 Å². The van der Waals surface area contributed by atoms with E-state index in [4.69, 9.17) is 0 Å². The van der Waals surface area contributed by atoms with Gasteiger partial charge in [0.05, 0.1) is 14.7 Å². The van der Waals surface area contributed by atoms with Crippen LogP contribution in [0, 0.1) is 17.0 Å². The van der Waals surface area contributed by atoms with Gasteiger partial charge >= 0.3 is 0 Å². The second-order valence-corrected chi connectivity index (χ2v) is 7.48. The van der Waals surface area contributed by atoms with Gasteiger partial charge in [0.15, 0.2) is 0 Å². The molecule has 0 N–H and O–H groups in total. The average Bonchev–Trinajstić information content (AvgIpc) is 2.62. The topological polar surface area (TPSA) is 77.3 Å². The van der Waals surface area contributed by atoms with E-state index in [0.29, 0.717) is 5.56 Å². The molecule has 3 aromatic carbocycles. The van der Waals surface area contributed by atoms with Crippen molar-refractivity contribution in [2.45, 2.75) is 16.7 Å². The fourth-order valence-corrected chi connectivity index (χ4v) is 4.15. The quantitative estimate of drug-likeness (QED) is 0.514. The van der Waals surface area contributed by atoms with Crippen molar-refractivity contribution in [3.8, 4) is 11.1 Å². The molecule has 0 amide bonds. The summed E-state index contributed by atoms with van der Waals surface area (Å²) < 4.78 is 26.1. The lowest BCUT2D eigenvalue weighted by Crippen LogP contribution is -2.04. The van der Waals surface area contributed by atoms with Gasteiger partial charge in [-0.05, 0) is 36.2 Å². The second-order valence-electron chi connectivity index (χ2n) is 5.57. The van der Waals surface area contributed by atoms with Crippen LogP contribution in [0.1, 0.15) is 5.56 Å². The Morgan fingerprint density at radius 1 is 0.800 bits per heavy atom. The van der Waals surface area contributed by atoms with Crippen molar-refractivity contribution in [3.63, 3.8) is 0 Å². The predicted molar refractivity (Wildman–Crippen MR) is 95.2 cm³/mol. The van der Waals surface area contributed by atoms with Crippen LogP contribution < -0.4 is 0 Å². The molecule has 0 aliphatic rings. The van der Waals surface area contributed by atoms with Gasteiger partial charge in [0.2, 0.25) is 9.84 Å². The monoisotopic (exact) mass is 353 g/mol. The Hall–Kier alpha value is -2.99. The van der Waals surface area contributed by atoms with E-state index < -0.39 is 14.8 Å². The fourth-order valence-electron chi connectivity index (χ4n) is 2.67. The van der Waals surface area contributed by atoms with Crippen molar-refractivity contribution in [1.29, 1.82) is 0 Å². The lowest BCUT2D eigenvalue weighted by Gasteiger charge is -2.12. The largest absolute Gasteiger partial charge is 0.269 e. The maximum absolute atomic E-state index is 13.1. The first-order valence-electron chi connectivity index (χ1n) is 7.56. The summed E-state index contributed by atoms with van der Waals surface area (Å²) in [7, 11) is -3.80. The minimum absolute atomic E-state index is 0.0270. The Labute approximate surface area is 145 Å². The maximum atomic E-state index is 13.1. The minimum Gasteiger partial charge on any atom is -0.258 e. The summed E-state index contributed by atoms with van der Waals surface area (Å²) in [6.07, 6.45) is 0. The van der Waals surface area contributed by atoms with Gasteiger partial charge in [-0.25, -0.2) is 8.42 Å². The highest BCUT2D eigenvalue weighted by Gasteiger charge is 2.23. The minimum atomic E-state index is -3.80. The molecule has 0 bridgehead atoms. The van der Waals surface area contributed by atoms with Crippen molar-refractivity contribution in [3.05, 3.63) is 88.5 Å². The number of nitro benzene ring substituents is 1. The summed E-state index contributed by atoms with van der Waals surface area (Å²) in [5.41, 5.74) is 2.27. The van der Waals surface area contributed by atoms with Gasteiger partial charge in [-0.2, -0.15) is 0 Å². The molecule has 25 heavy (non-hydrogen) atoms. The first kappa shape index (κ1) is 16.9. The molecule has 0 aliphatic heterocycles. The molecule has 0 saturated heterocycles. The van der Waals surface area contributed by atoms with Gasteiger partial charge < -0.3 is 0 Å². The van der Waals surface area contributed by atoms with Gasteiger partial charge in [-0.15, -0.1) is 0 Å². The summed E-state index contributed by atoms with van der Waals surface area (Å²) >= 11 is 0. The van der Waals surface area contributed by atoms with Gasteiger partial charge in [-0.3, -0.25) is 10.1 Å². The molecule has 0 aromatic heterocycles. The van der Waals surface area contributed by atoms with Gasteiger partial charge in [0, 0.05) is 17.7 Å². The number of nitrogens with zero attached hydrogens (tertiary/aromatic N) is 1. The standard InChI is InChI=1S/C19H15NO4S/c1-14-6-2-3-7-17(14)18-8-4-5-9-19(18)25(23,24)16-12-10-15(11-13-16)20(21)22/h2-13H,1H3. The van der Waals surface area contributed by atoms with Crippen molar-refractivity contribution in [2.24, 2.45) is 0 Å². The highest BCUT2D eigenvalue weighted by molar-refractivity contribution is 7.91. The molecule has 0 radical (unpaired) electrons. The average molecular weight is 353 g/mol. The van der Waals surface area contributed by atoms with E-state index in [1.165, 1.54) is 24.3 Å². The zero-order valence-corrected chi connectivity index (χ0v) is 14.2. The summed E-state index contributed by atoms with van der Waals surface area (Å²) in [4.78, 5) is 10.4. The molecular formula is C19H15NO4S. The summed E-state index contributed by atoms with van der Waals surface area (Å²) in [5, 5.41) is 10.8. The number of hydrogen-bond acceptors (Lipinski definition) is 4. The number of sulfone groups is 1. The third-order valence-corrected chi connectivity index (χ3v) is 5.80. The SMILES string of the molecule is Cc1ccccc1-c1ccccc1S(=O)(=O)c1ccc([N+](=O)[O-])cc1. The Bertz CT molecular complexity index is 1040. The van der Waals surface area contributed by atoms with Gasteiger partial charge in [0.1, 0.15) is 0 Å². The van der Waals surface area contributed by atoms with Crippen LogP contribution in [0.15, 0.2) is 82.6 Å². The number of hydrogen-bond donors (Lipinski definition) is 0. The van der Waals surface area contributed by atoms with Crippen LogP contribution in [0.5, 0.6) is 0 Å². The van der Waals surface area contributed by atoms with Crippen molar-refractivity contribution in [2.75, 3.05) is 0 Å². The molecule has 0 spiro atoms. The lowest BCUT2D eigenvalue weighted by molar-refractivity contribution is -0.384. The van der Waals surface area contributed by atoms with Crippen LogP contribution in [0.4, 0.5) is 5.69 Å². The summed E-state index contributed by atoms with van der Waals surface area (Å²) in [5.74, 6) is 0. The van der Waals surface area contributed by atoms with Crippen LogP contribution in [0.3, 0.4) is 0 Å². The number of nitro groups is 1. The van der Waals surface area contributed by atoms with Crippen LogP contribution in [0.2, 0.25) is 0 Å². The highest BCUT2D eigenvalue weighted by atomic mass is 32.2. The Morgan fingerprint density at radius 2 is 1.36 bits per heavy atom. The van der Waals surface area contributed by atoms with Crippen LogP contribution in [-0.4, -0.2) is 13.3 Å². The lowest BCUT2D eigenvalue weighted by atomic mass is 10.0. The summed E-state index contributed by atoms with van der Waals surface area (Å²) in [6, 6.07) is 19.3. The van der Waals surface area contributed by atoms with E-state index >= 15 is 0 Å². The number of non-ortho nitro benzene ring substituents is 1. The Morgan fingerprint density at radius 3 is 1.96 bits per heavy atom. The maximum Gasteiger partial charge on any atom is 0.269 e. The van der Waals surface area contributed by atoms with Crippen molar-refractivity contribution >= 4 is 15.5 Å². The molecule has 0 heterocycles. The first-order chi connectivity index (χ1) is 11.9. The first-order valence-corrected chi connectivity index (χ1v) is 9.04. The third-order valence-electron chi connectivity index (χ3n) is 3.97. The van der Waals surface area contributed by atoms with Gasteiger partial charge in [-0.1, -0.05) is 42.5 Å². The molecular weight excluding hydrogens is 338 g/mol. The Balaban J connectivity index is 2.16. The highest BCUT2D eigenvalue weighted by Crippen LogP contribution is 2.33. The summed E-state index contributed by atoms with van der Waals surface area (Å²) in [6.45, 7) is 1.92. The molecule has 0 saturated carbocycles. The van der Waals surface area contributed by atoms with E-state index in [2.05, 4.69) is 0 Å². The molecule has 0 fully saturated rings. The molecule has 5 nitrogen and oxygen atoms in total. The van der Waals surface area contributed by atoms with E-state index in [9.17, 15) is 18.5 Å². The molecule has 0 atom stereocenters. The zero-order chi connectivity index (χ0) is 18.0. The van der Waals surface area contributed by atoms with E-state index in [1.807, 2.05) is 31.2 Å². The molecule has 6 heteroatoms. The third kappa shape index (κ3) is 3.16. The number of benzene rings is 3. The van der Waals surface area contributed by atoms with E-state index in [1.54, 1.807) is 24.3 Å². The van der Waals surface area contributed by atoms with Crippen molar-refractivity contribution < 1.29 is 13.3 Å². The normalized spacial score (nSPS) is 11.2. The molecule has 0 aliphatic carbocycles. The molecule has 3 rings (SSSR count). The molecule has 3 aromatic rings. The molecule has 0 unspecified atom stereocenters. The van der Waals surface area contributed by atoms with Crippen molar-refractivity contribution in [1.82, 2.24) is 0 Å². The fraction of sp³-hybridized carbons (Fsp3) is 0.0526. The zero-order valence-electron chi connectivity index (χ0n) is 13.4. The molecule has 126 valence electrons. The second kappa shape index (κ2) is 6.49. The van der Waals surface area contributed by atoms with E-state index in [0.717, 1.165) is 11.1 Å². The smallest absolute Gasteiger partial charge is 0.258 e. The number of aryl methyl sites for hydroxylation is 1. The van der Waals surface area contributed by atoms with E-state index in [-0.39, 0.29) is 15.5 Å². The predicted octanol–water partition coefficient (Wildman–Crippen LogP) is 4.40. The Kier molecular flexibility index (Phi) is 4.37. The number of rotatable bonds is 4. The van der Waals surface area contributed by atoms with Crippen LogP contribution in [0.25, 0.3) is 11.1 Å². The van der Waals surface area contributed by atoms with Crippen LogP contribution >= 0.6 is 0 Å². The van der Waals surface area contributed by atoms with Crippen LogP contribution in [-0.2, 0) is 9.84 Å².